The van der Waals surface area contributed by atoms with Crippen LogP contribution in [0.15, 0.2) is 47.4 Å². The van der Waals surface area contributed by atoms with Crippen LogP contribution in [0, 0.1) is 13.8 Å². The second-order valence-electron chi connectivity index (χ2n) is 5.83. The first-order valence-electron chi connectivity index (χ1n) is 8.03. The number of hydrogen-bond donors (Lipinski definition) is 0. The van der Waals surface area contributed by atoms with Crippen LogP contribution in [-0.2, 0) is 9.59 Å². The highest BCUT2D eigenvalue weighted by Gasteiger charge is 2.40. The summed E-state index contributed by atoms with van der Waals surface area (Å²) in [6.45, 7) is 5.77. The van der Waals surface area contributed by atoms with Crippen LogP contribution in [0.4, 0.5) is 5.69 Å². The third-order valence-corrected chi connectivity index (χ3v) is 5.52. The zero-order valence-corrected chi connectivity index (χ0v) is 15.9. The molecule has 2 amide bonds. The van der Waals surface area contributed by atoms with E-state index in [-0.39, 0.29) is 11.8 Å². The first-order chi connectivity index (χ1) is 12.0. The summed E-state index contributed by atoms with van der Waals surface area (Å²) in [7, 11) is 0. The molecular formula is C20H18ClNO2S. The van der Waals surface area contributed by atoms with Crippen molar-refractivity contribution in [1.29, 1.82) is 0 Å². The predicted octanol–water partition coefficient (Wildman–Crippen LogP) is 4.99. The monoisotopic (exact) mass is 371 g/mol. The number of amides is 2. The average molecular weight is 372 g/mol. The molecule has 128 valence electrons. The molecule has 0 atom stereocenters. The number of anilines is 1. The number of rotatable bonds is 4. The van der Waals surface area contributed by atoms with Gasteiger partial charge in [0.15, 0.2) is 0 Å². The van der Waals surface area contributed by atoms with Crippen molar-refractivity contribution in [3.63, 3.8) is 0 Å². The summed E-state index contributed by atoms with van der Waals surface area (Å²) in [4.78, 5) is 27.9. The summed E-state index contributed by atoms with van der Waals surface area (Å²) < 4.78 is 0. The van der Waals surface area contributed by atoms with Crippen molar-refractivity contribution >= 4 is 46.4 Å². The highest BCUT2D eigenvalue weighted by atomic mass is 35.5. The molecule has 0 aromatic heterocycles. The van der Waals surface area contributed by atoms with Crippen molar-refractivity contribution in [2.24, 2.45) is 0 Å². The topological polar surface area (TPSA) is 37.4 Å². The Morgan fingerprint density at radius 1 is 1.00 bits per heavy atom. The maximum Gasteiger partial charge on any atom is 0.272 e. The van der Waals surface area contributed by atoms with Crippen molar-refractivity contribution in [1.82, 2.24) is 0 Å². The molecule has 0 fully saturated rings. The fourth-order valence-corrected chi connectivity index (χ4v) is 3.84. The van der Waals surface area contributed by atoms with Crippen LogP contribution in [-0.4, -0.2) is 17.6 Å². The van der Waals surface area contributed by atoms with Crippen molar-refractivity contribution < 1.29 is 9.59 Å². The lowest BCUT2D eigenvalue weighted by Gasteiger charge is -2.18. The summed E-state index contributed by atoms with van der Waals surface area (Å²) in [6.07, 6.45) is 0. The molecular weight excluding hydrogens is 354 g/mol. The smallest absolute Gasteiger partial charge is 0.268 e. The Bertz CT molecular complexity index is 887. The number of imide groups is 1. The van der Waals surface area contributed by atoms with E-state index in [0.717, 1.165) is 16.7 Å². The van der Waals surface area contributed by atoms with Crippen LogP contribution < -0.4 is 4.90 Å². The van der Waals surface area contributed by atoms with E-state index in [1.54, 1.807) is 18.2 Å². The Morgan fingerprint density at radius 3 is 2.32 bits per heavy atom. The quantitative estimate of drug-likeness (QED) is 0.710. The lowest BCUT2D eigenvalue weighted by atomic mass is 10.0. The van der Waals surface area contributed by atoms with Gasteiger partial charge >= 0.3 is 0 Å². The average Bonchev–Trinajstić information content (AvgIpc) is 2.83. The number of thioether (sulfide) groups is 1. The van der Waals surface area contributed by atoms with E-state index in [2.05, 4.69) is 0 Å². The van der Waals surface area contributed by atoms with Gasteiger partial charge in [-0.25, -0.2) is 4.90 Å². The minimum absolute atomic E-state index is 0.280. The van der Waals surface area contributed by atoms with E-state index in [0.29, 0.717) is 26.9 Å². The second-order valence-corrected chi connectivity index (χ2v) is 7.51. The maximum atomic E-state index is 13.1. The highest BCUT2D eigenvalue weighted by Crippen LogP contribution is 2.40. The number of carbonyl (C=O) groups excluding carboxylic acids is 2. The van der Waals surface area contributed by atoms with Gasteiger partial charge in [0.2, 0.25) is 0 Å². The van der Waals surface area contributed by atoms with Gasteiger partial charge in [-0.15, -0.1) is 11.8 Å². The van der Waals surface area contributed by atoms with Gasteiger partial charge in [0.25, 0.3) is 11.8 Å². The Labute approximate surface area is 156 Å². The van der Waals surface area contributed by atoms with E-state index in [1.165, 1.54) is 16.7 Å². The summed E-state index contributed by atoms with van der Waals surface area (Å²) in [5, 5.41) is 0.534. The lowest BCUT2D eigenvalue weighted by molar-refractivity contribution is -0.119. The van der Waals surface area contributed by atoms with Gasteiger partial charge in [-0.1, -0.05) is 54.4 Å². The van der Waals surface area contributed by atoms with Crippen molar-refractivity contribution in [3.8, 4) is 0 Å². The van der Waals surface area contributed by atoms with Gasteiger partial charge in [0.1, 0.15) is 0 Å². The molecule has 25 heavy (non-hydrogen) atoms. The number of halogens is 1. The molecule has 0 saturated carbocycles. The van der Waals surface area contributed by atoms with E-state index in [9.17, 15) is 9.59 Å². The second kappa shape index (κ2) is 7.06. The Kier molecular flexibility index (Phi) is 5.02. The third kappa shape index (κ3) is 3.12. The van der Waals surface area contributed by atoms with Crippen LogP contribution in [0.3, 0.4) is 0 Å². The molecule has 0 spiro atoms. The molecule has 0 radical (unpaired) electrons. The molecule has 3 rings (SSSR count). The predicted molar refractivity (Wildman–Crippen MR) is 105 cm³/mol. The molecule has 1 aliphatic heterocycles. The van der Waals surface area contributed by atoms with E-state index in [1.807, 2.05) is 45.0 Å². The van der Waals surface area contributed by atoms with Crippen LogP contribution in [0.1, 0.15) is 23.6 Å². The molecule has 1 heterocycles. The molecule has 3 nitrogen and oxygen atoms in total. The van der Waals surface area contributed by atoms with Crippen LogP contribution in [0.25, 0.3) is 5.57 Å². The minimum atomic E-state index is -0.296. The minimum Gasteiger partial charge on any atom is -0.268 e. The Hall–Kier alpha value is -2.04. The number of hydrogen-bond acceptors (Lipinski definition) is 3. The summed E-state index contributed by atoms with van der Waals surface area (Å²) in [5.41, 5.74) is 3.60. The lowest BCUT2D eigenvalue weighted by Crippen LogP contribution is -2.32. The molecule has 0 aliphatic carbocycles. The number of carbonyl (C=O) groups is 2. The molecule has 2 aromatic rings. The first-order valence-corrected chi connectivity index (χ1v) is 9.40. The maximum absolute atomic E-state index is 13.1. The van der Waals surface area contributed by atoms with Crippen LogP contribution in [0.2, 0.25) is 5.02 Å². The number of aryl methyl sites for hydroxylation is 1. The summed E-state index contributed by atoms with van der Waals surface area (Å²) in [5.74, 6) is 0.138. The highest BCUT2D eigenvalue weighted by molar-refractivity contribution is 8.04. The van der Waals surface area contributed by atoms with Crippen molar-refractivity contribution in [2.45, 2.75) is 20.8 Å². The van der Waals surface area contributed by atoms with Gasteiger partial charge in [-0.3, -0.25) is 9.59 Å². The van der Waals surface area contributed by atoms with E-state index < -0.39 is 0 Å². The zero-order chi connectivity index (χ0) is 18.1. The fourth-order valence-electron chi connectivity index (χ4n) is 2.82. The van der Waals surface area contributed by atoms with Gasteiger partial charge in [-0.2, -0.15) is 0 Å². The Morgan fingerprint density at radius 2 is 1.68 bits per heavy atom. The molecule has 5 heteroatoms. The zero-order valence-electron chi connectivity index (χ0n) is 14.3. The van der Waals surface area contributed by atoms with Crippen molar-refractivity contribution in [3.05, 3.63) is 69.1 Å². The van der Waals surface area contributed by atoms with E-state index in [4.69, 9.17) is 11.6 Å². The van der Waals surface area contributed by atoms with Gasteiger partial charge in [0.05, 0.1) is 16.2 Å². The van der Waals surface area contributed by atoms with Gasteiger partial charge in [-0.05, 0) is 42.9 Å². The van der Waals surface area contributed by atoms with Gasteiger partial charge < -0.3 is 0 Å². The van der Waals surface area contributed by atoms with E-state index >= 15 is 0 Å². The number of benzene rings is 2. The molecule has 1 aliphatic rings. The SMILES string of the molecule is CCSC1=C(c2ccc(C)cc2)C(=O)N(c2cccc(Cl)c2C)C1=O. The number of nitrogens with zero attached hydrogens (tertiary/aromatic N) is 1. The summed E-state index contributed by atoms with van der Waals surface area (Å²) >= 11 is 7.59. The normalized spacial score (nSPS) is 14.6. The van der Waals surface area contributed by atoms with Crippen LogP contribution in [0.5, 0.6) is 0 Å². The molecule has 0 N–H and O–H groups in total. The fraction of sp³-hybridized carbons (Fsp3) is 0.200. The summed E-state index contributed by atoms with van der Waals surface area (Å²) in [6, 6.07) is 12.9. The van der Waals surface area contributed by atoms with Crippen molar-refractivity contribution in [2.75, 3.05) is 10.7 Å². The standard InChI is InChI=1S/C20H18ClNO2S/c1-4-25-18-17(14-10-8-12(2)9-11-14)19(23)22(20(18)24)16-7-5-6-15(21)13(16)3/h5-11H,4H2,1-3H3. The molecule has 2 aromatic carbocycles. The largest absolute Gasteiger partial charge is 0.272 e. The third-order valence-electron chi connectivity index (χ3n) is 4.15. The van der Waals surface area contributed by atoms with Crippen LogP contribution >= 0.6 is 23.4 Å². The Balaban J connectivity index is 2.13. The molecule has 0 unspecified atom stereocenters. The van der Waals surface area contributed by atoms with Gasteiger partial charge in [0, 0.05) is 5.02 Å². The molecule has 0 bridgehead atoms. The molecule has 0 saturated heterocycles. The first kappa shape index (κ1) is 17.8.